The number of halogens is 1. The minimum atomic E-state index is 0.970. The van der Waals surface area contributed by atoms with Crippen molar-refractivity contribution in [1.29, 1.82) is 0 Å². The maximum absolute atomic E-state index is 3.51. The molecule has 1 heteroatoms. The molecule has 0 fully saturated rings. The van der Waals surface area contributed by atoms with E-state index >= 15 is 0 Å². The van der Waals surface area contributed by atoms with Crippen molar-refractivity contribution in [3.63, 3.8) is 0 Å². The maximum atomic E-state index is 3.51. The molecule has 62 valence electrons. The first-order chi connectivity index (χ1) is 5.83. The van der Waals surface area contributed by atoms with Gasteiger partial charge in [-0.2, -0.15) is 0 Å². The Kier molecular flexibility index (Phi) is 2.05. The summed E-state index contributed by atoms with van der Waals surface area (Å²) in [5, 5.41) is 0.970. The molecule has 1 aromatic rings. The number of hydrogen-bond acceptors (Lipinski definition) is 0. The molecule has 0 saturated carbocycles. The van der Waals surface area contributed by atoms with E-state index in [-0.39, 0.29) is 0 Å². The van der Waals surface area contributed by atoms with Crippen LogP contribution < -0.4 is 0 Å². The van der Waals surface area contributed by atoms with Crippen LogP contribution in [0.2, 0.25) is 0 Å². The van der Waals surface area contributed by atoms with Crippen LogP contribution in [0.4, 0.5) is 0 Å². The van der Waals surface area contributed by atoms with Crippen LogP contribution in [0.1, 0.15) is 22.3 Å². The van der Waals surface area contributed by atoms with Crippen molar-refractivity contribution in [2.24, 2.45) is 0 Å². The van der Waals surface area contributed by atoms with Gasteiger partial charge in [0, 0.05) is 5.33 Å². The van der Waals surface area contributed by atoms with E-state index in [4.69, 9.17) is 0 Å². The van der Waals surface area contributed by atoms with Crippen LogP contribution in [0.5, 0.6) is 0 Å². The molecule has 0 heterocycles. The first kappa shape index (κ1) is 8.06. The Labute approximate surface area is 81.4 Å². The van der Waals surface area contributed by atoms with E-state index in [1.165, 1.54) is 22.3 Å². The van der Waals surface area contributed by atoms with Gasteiger partial charge in [-0.15, -0.1) is 0 Å². The highest BCUT2D eigenvalue weighted by atomic mass is 79.9. The van der Waals surface area contributed by atoms with Crippen molar-refractivity contribution < 1.29 is 0 Å². The molecule has 0 nitrogen and oxygen atoms in total. The molecule has 2 rings (SSSR count). The van der Waals surface area contributed by atoms with Gasteiger partial charge in [-0.05, 0) is 35.6 Å². The van der Waals surface area contributed by atoms with E-state index in [1.54, 1.807) is 0 Å². The lowest BCUT2D eigenvalue weighted by molar-refractivity contribution is 1.21. The molecule has 0 aliphatic heterocycles. The number of alkyl halides is 1. The summed E-state index contributed by atoms with van der Waals surface area (Å²) in [5.74, 6) is 0. The molecule has 0 atom stereocenters. The van der Waals surface area contributed by atoms with Crippen molar-refractivity contribution in [1.82, 2.24) is 0 Å². The van der Waals surface area contributed by atoms with Crippen molar-refractivity contribution in [3.05, 3.63) is 40.5 Å². The largest absolute Gasteiger partial charge is 0.0876 e. The van der Waals surface area contributed by atoms with Crippen molar-refractivity contribution >= 4 is 22.0 Å². The topological polar surface area (TPSA) is 0 Å². The quantitative estimate of drug-likeness (QED) is 0.639. The predicted molar refractivity (Wildman–Crippen MR) is 56.5 cm³/mol. The van der Waals surface area contributed by atoms with E-state index in [1.807, 2.05) is 0 Å². The lowest BCUT2D eigenvalue weighted by Gasteiger charge is -2.07. The smallest absolute Gasteiger partial charge is 0.0286 e. The highest BCUT2D eigenvalue weighted by Crippen LogP contribution is 2.27. The summed E-state index contributed by atoms with van der Waals surface area (Å²) in [4.78, 5) is 0. The molecule has 1 aliphatic rings. The Morgan fingerprint density at radius 1 is 1.42 bits per heavy atom. The summed E-state index contributed by atoms with van der Waals surface area (Å²) in [6.45, 7) is 2.17. The zero-order chi connectivity index (χ0) is 8.55. The Morgan fingerprint density at radius 3 is 3.00 bits per heavy atom. The zero-order valence-electron chi connectivity index (χ0n) is 7.10. The van der Waals surface area contributed by atoms with Gasteiger partial charge in [0.15, 0.2) is 0 Å². The van der Waals surface area contributed by atoms with Gasteiger partial charge < -0.3 is 0 Å². The molecule has 12 heavy (non-hydrogen) atoms. The van der Waals surface area contributed by atoms with Crippen LogP contribution in [-0.4, -0.2) is 0 Å². The third kappa shape index (κ3) is 1.13. The van der Waals surface area contributed by atoms with Crippen molar-refractivity contribution in [2.75, 3.05) is 0 Å². The number of hydrogen-bond donors (Lipinski definition) is 0. The van der Waals surface area contributed by atoms with Crippen LogP contribution in [0.15, 0.2) is 18.2 Å². The van der Waals surface area contributed by atoms with Gasteiger partial charge in [-0.25, -0.2) is 0 Å². The molecule has 0 aromatic heterocycles. The Morgan fingerprint density at radius 2 is 2.25 bits per heavy atom. The monoisotopic (exact) mass is 222 g/mol. The third-order valence-corrected chi connectivity index (χ3v) is 3.03. The summed E-state index contributed by atoms with van der Waals surface area (Å²) < 4.78 is 0. The van der Waals surface area contributed by atoms with E-state index < -0.39 is 0 Å². The van der Waals surface area contributed by atoms with Crippen LogP contribution in [0.25, 0.3) is 6.08 Å². The lowest BCUT2D eigenvalue weighted by Crippen LogP contribution is -1.92. The number of allylic oxidation sites excluding steroid dienone is 1. The predicted octanol–water partition coefficient (Wildman–Crippen LogP) is 3.46. The summed E-state index contributed by atoms with van der Waals surface area (Å²) in [7, 11) is 0. The normalized spacial score (nSPS) is 13.5. The van der Waals surface area contributed by atoms with Gasteiger partial charge in [-0.3, -0.25) is 0 Å². The minimum absolute atomic E-state index is 0.970. The number of fused-ring (bicyclic) bond motifs is 1. The molecule has 0 radical (unpaired) electrons. The maximum Gasteiger partial charge on any atom is 0.0286 e. The first-order valence-corrected chi connectivity index (χ1v) is 5.29. The van der Waals surface area contributed by atoms with Crippen molar-refractivity contribution in [3.8, 4) is 0 Å². The highest BCUT2D eigenvalue weighted by molar-refractivity contribution is 9.08. The molecule has 0 amide bonds. The molecular formula is C11H11Br. The standard InChI is InChI=1S/C11H11Br/c1-8-5-6-9(7-12)11-4-2-3-10(8)11/h2-3,5-6H,4,7H2,1H3. The van der Waals surface area contributed by atoms with Gasteiger partial charge in [0.2, 0.25) is 0 Å². The van der Waals surface area contributed by atoms with Crippen LogP contribution in [0.3, 0.4) is 0 Å². The summed E-state index contributed by atoms with van der Waals surface area (Å²) >= 11 is 3.51. The lowest BCUT2D eigenvalue weighted by atomic mass is 10.00. The summed E-state index contributed by atoms with van der Waals surface area (Å²) in [6, 6.07) is 4.42. The fourth-order valence-electron chi connectivity index (χ4n) is 1.72. The van der Waals surface area contributed by atoms with E-state index in [0.29, 0.717) is 0 Å². The molecule has 1 aliphatic carbocycles. The zero-order valence-corrected chi connectivity index (χ0v) is 8.69. The average Bonchev–Trinajstić information content (AvgIpc) is 2.54. The first-order valence-electron chi connectivity index (χ1n) is 4.17. The van der Waals surface area contributed by atoms with E-state index in [9.17, 15) is 0 Å². The highest BCUT2D eigenvalue weighted by Gasteiger charge is 2.10. The molecule has 0 saturated heterocycles. The summed E-state index contributed by atoms with van der Waals surface area (Å²) in [5.41, 5.74) is 5.77. The van der Waals surface area contributed by atoms with Gasteiger partial charge >= 0.3 is 0 Å². The molecule has 0 N–H and O–H groups in total. The summed E-state index contributed by atoms with van der Waals surface area (Å²) in [6.07, 6.45) is 5.58. The SMILES string of the molecule is Cc1ccc(CBr)c2c1C=CC2. The second-order valence-corrected chi connectivity index (χ2v) is 3.73. The van der Waals surface area contributed by atoms with E-state index in [0.717, 1.165) is 11.8 Å². The average molecular weight is 223 g/mol. The van der Waals surface area contributed by atoms with Crippen LogP contribution in [-0.2, 0) is 11.8 Å². The number of benzene rings is 1. The minimum Gasteiger partial charge on any atom is -0.0876 e. The van der Waals surface area contributed by atoms with Gasteiger partial charge in [0.25, 0.3) is 0 Å². The van der Waals surface area contributed by atoms with Gasteiger partial charge in [0.1, 0.15) is 0 Å². The number of aryl methyl sites for hydroxylation is 1. The van der Waals surface area contributed by atoms with Crippen LogP contribution in [0, 0.1) is 6.92 Å². The van der Waals surface area contributed by atoms with Crippen LogP contribution >= 0.6 is 15.9 Å². The molecule has 0 spiro atoms. The molecule has 1 aromatic carbocycles. The Hall–Kier alpha value is -0.560. The Bertz CT molecular complexity index is 337. The number of rotatable bonds is 1. The second kappa shape index (κ2) is 3.06. The fourth-order valence-corrected chi connectivity index (χ4v) is 2.25. The Balaban J connectivity index is 2.61. The van der Waals surface area contributed by atoms with Gasteiger partial charge in [0.05, 0.1) is 0 Å². The van der Waals surface area contributed by atoms with E-state index in [2.05, 4.69) is 47.1 Å². The molecular weight excluding hydrogens is 212 g/mol. The second-order valence-electron chi connectivity index (χ2n) is 3.17. The molecule has 0 bridgehead atoms. The van der Waals surface area contributed by atoms with Gasteiger partial charge in [-0.1, -0.05) is 40.2 Å². The fraction of sp³-hybridized carbons (Fsp3) is 0.273. The third-order valence-electron chi connectivity index (χ3n) is 2.42. The molecule has 0 unspecified atom stereocenters. The van der Waals surface area contributed by atoms with Crippen molar-refractivity contribution in [2.45, 2.75) is 18.7 Å².